The van der Waals surface area contributed by atoms with Gasteiger partial charge in [0.2, 0.25) is 0 Å². The van der Waals surface area contributed by atoms with Crippen LogP contribution < -0.4 is 5.56 Å². The second kappa shape index (κ2) is 4.24. The standard InChI is InChI=1S/C9H8IN3O3/c1-2-16-9(15)6-5(10)7-8(14)11-3-4-13(7)12-6/h3-4H,2H2,1H3,(H,11,14). The molecule has 0 spiro atoms. The SMILES string of the molecule is CCOC(=O)c1nn2cc[nH]c(=O)c2c1I. The molecule has 0 aliphatic heterocycles. The van der Waals surface area contributed by atoms with Crippen molar-refractivity contribution >= 4 is 34.1 Å². The lowest BCUT2D eigenvalue weighted by molar-refractivity contribution is 0.0518. The highest BCUT2D eigenvalue weighted by atomic mass is 127. The number of H-pyrrole nitrogens is 1. The van der Waals surface area contributed by atoms with E-state index in [1.54, 1.807) is 13.1 Å². The van der Waals surface area contributed by atoms with Crippen molar-refractivity contribution < 1.29 is 9.53 Å². The number of hydrogen-bond acceptors (Lipinski definition) is 4. The van der Waals surface area contributed by atoms with Gasteiger partial charge in [0, 0.05) is 12.4 Å². The van der Waals surface area contributed by atoms with E-state index in [4.69, 9.17) is 4.74 Å². The summed E-state index contributed by atoms with van der Waals surface area (Å²) >= 11 is 1.91. The molecule has 1 N–H and O–H groups in total. The van der Waals surface area contributed by atoms with Gasteiger partial charge in [-0.25, -0.2) is 9.31 Å². The number of carbonyl (C=O) groups is 1. The van der Waals surface area contributed by atoms with E-state index in [0.717, 1.165) is 0 Å². The Morgan fingerprint density at radius 3 is 3.06 bits per heavy atom. The normalized spacial score (nSPS) is 10.6. The Morgan fingerprint density at radius 1 is 1.69 bits per heavy atom. The molecule has 0 atom stereocenters. The van der Waals surface area contributed by atoms with Crippen molar-refractivity contribution in [2.45, 2.75) is 6.92 Å². The number of halogens is 1. The Labute approximate surface area is 104 Å². The number of hydrogen-bond donors (Lipinski definition) is 1. The van der Waals surface area contributed by atoms with Gasteiger partial charge in [-0.3, -0.25) is 4.79 Å². The zero-order chi connectivity index (χ0) is 11.7. The van der Waals surface area contributed by atoms with Gasteiger partial charge in [0.1, 0.15) is 5.52 Å². The molecule has 0 amide bonds. The van der Waals surface area contributed by atoms with Crippen LogP contribution in [0.5, 0.6) is 0 Å². The van der Waals surface area contributed by atoms with Crippen LogP contribution in [0.1, 0.15) is 17.4 Å². The molecule has 0 radical (unpaired) electrons. The van der Waals surface area contributed by atoms with Gasteiger partial charge >= 0.3 is 5.97 Å². The van der Waals surface area contributed by atoms with Crippen LogP contribution in [0.15, 0.2) is 17.2 Å². The lowest BCUT2D eigenvalue weighted by Gasteiger charge is -1.96. The molecule has 0 saturated heterocycles. The quantitative estimate of drug-likeness (QED) is 0.652. The average Bonchev–Trinajstić information content (AvgIpc) is 2.58. The molecule has 2 aromatic rings. The molecule has 2 aromatic heterocycles. The third-order valence-corrected chi connectivity index (χ3v) is 2.99. The summed E-state index contributed by atoms with van der Waals surface area (Å²) in [6, 6.07) is 0. The van der Waals surface area contributed by atoms with Crippen molar-refractivity contribution in [2.75, 3.05) is 6.61 Å². The number of carbonyl (C=O) groups excluding carboxylic acids is 1. The first-order chi connectivity index (χ1) is 7.65. The van der Waals surface area contributed by atoms with Gasteiger partial charge in [-0.2, -0.15) is 5.10 Å². The van der Waals surface area contributed by atoms with Crippen LogP contribution in [0.3, 0.4) is 0 Å². The predicted octanol–water partition coefficient (Wildman–Crippen LogP) is 0.804. The highest BCUT2D eigenvalue weighted by molar-refractivity contribution is 14.1. The molecular formula is C9H8IN3O3. The van der Waals surface area contributed by atoms with Crippen LogP contribution in [0.2, 0.25) is 0 Å². The lowest BCUT2D eigenvalue weighted by Crippen LogP contribution is -2.08. The number of nitrogens with one attached hydrogen (secondary N) is 1. The molecule has 0 saturated carbocycles. The van der Waals surface area contributed by atoms with E-state index in [0.29, 0.717) is 9.09 Å². The van der Waals surface area contributed by atoms with E-state index >= 15 is 0 Å². The Kier molecular flexibility index (Phi) is 2.95. The summed E-state index contributed by atoms with van der Waals surface area (Å²) < 4.78 is 6.71. The number of aromatic amines is 1. The summed E-state index contributed by atoms with van der Waals surface area (Å²) in [5.41, 5.74) is 0.236. The molecular weight excluding hydrogens is 325 g/mol. The first kappa shape index (κ1) is 11.1. The van der Waals surface area contributed by atoms with Gasteiger partial charge < -0.3 is 9.72 Å². The molecule has 0 unspecified atom stereocenters. The van der Waals surface area contributed by atoms with Crippen molar-refractivity contribution in [3.63, 3.8) is 0 Å². The fourth-order valence-electron chi connectivity index (χ4n) is 1.31. The van der Waals surface area contributed by atoms with Crippen LogP contribution in [0, 0.1) is 3.57 Å². The Bertz CT molecular complexity index is 602. The minimum absolute atomic E-state index is 0.166. The van der Waals surface area contributed by atoms with E-state index in [-0.39, 0.29) is 17.9 Å². The Balaban J connectivity index is 2.65. The smallest absolute Gasteiger partial charge is 0.359 e. The zero-order valence-corrected chi connectivity index (χ0v) is 10.5. The summed E-state index contributed by atoms with van der Waals surface area (Å²) in [5, 5.41) is 4.01. The fourth-order valence-corrected chi connectivity index (χ4v) is 2.13. The molecule has 16 heavy (non-hydrogen) atoms. The summed E-state index contributed by atoms with van der Waals surface area (Å²) in [6.45, 7) is 1.99. The number of rotatable bonds is 2. The van der Waals surface area contributed by atoms with Gasteiger partial charge in [-0.05, 0) is 29.5 Å². The maximum Gasteiger partial charge on any atom is 0.359 e. The van der Waals surface area contributed by atoms with E-state index in [2.05, 4.69) is 10.1 Å². The number of esters is 1. The average molecular weight is 333 g/mol. The molecule has 0 aromatic carbocycles. The van der Waals surface area contributed by atoms with Crippen molar-refractivity contribution in [1.29, 1.82) is 0 Å². The maximum atomic E-state index is 11.5. The van der Waals surface area contributed by atoms with E-state index in [1.807, 2.05) is 22.6 Å². The predicted molar refractivity (Wildman–Crippen MR) is 64.5 cm³/mol. The molecule has 0 fully saturated rings. The van der Waals surface area contributed by atoms with Crippen LogP contribution in [-0.4, -0.2) is 27.2 Å². The van der Waals surface area contributed by atoms with E-state index in [1.165, 1.54) is 10.7 Å². The summed E-state index contributed by atoms with van der Waals surface area (Å²) in [6.07, 6.45) is 3.04. The van der Waals surface area contributed by atoms with Crippen molar-refractivity contribution in [3.05, 3.63) is 32.0 Å². The molecule has 6 nitrogen and oxygen atoms in total. The van der Waals surface area contributed by atoms with Gasteiger partial charge in [0.25, 0.3) is 5.56 Å². The molecule has 2 rings (SSSR count). The van der Waals surface area contributed by atoms with Crippen LogP contribution >= 0.6 is 22.6 Å². The first-order valence-electron chi connectivity index (χ1n) is 4.57. The lowest BCUT2D eigenvalue weighted by atomic mass is 10.4. The fraction of sp³-hybridized carbons (Fsp3) is 0.222. The van der Waals surface area contributed by atoms with Gasteiger partial charge in [-0.15, -0.1) is 0 Å². The minimum Gasteiger partial charge on any atom is -0.461 e. The van der Waals surface area contributed by atoms with Gasteiger partial charge in [0.15, 0.2) is 5.69 Å². The molecule has 0 aliphatic carbocycles. The highest BCUT2D eigenvalue weighted by Crippen LogP contribution is 2.15. The molecule has 0 aliphatic rings. The Hall–Kier alpha value is -1.38. The summed E-state index contributed by atoms with van der Waals surface area (Å²) in [5.74, 6) is -0.519. The monoisotopic (exact) mass is 333 g/mol. The van der Waals surface area contributed by atoms with Gasteiger partial charge in [0.05, 0.1) is 10.2 Å². The third-order valence-electron chi connectivity index (χ3n) is 1.97. The largest absolute Gasteiger partial charge is 0.461 e. The summed E-state index contributed by atoms with van der Waals surface area (Å²) in [7, 11) is 0. The van der Waals surface area contributed by atoms with Crippen molar-refractivity contribution in [2.24, 2.45) is 0 Å². The van der Waals surface area contributed by atoms with Crippen molar-refractivity contribution in [1.82, 2.24) is 14.6 Å². The number of nitrogens with zero attached hydrogens (tertiary/aromatic N) is 2. The highest BCUT2D eigenvalue weighted by Gasteiger charge is 2.19. The van der Waals surface area contributed by atoms with Crippen LogP contribution in [0.4, 0.5) is 0 Å². The molecule has 0 bridgehead atoms. The number of aromatic nitrogens is 3. The van der Waals surface area contributed by atoms with E-state index < -0.39 is 5.97 Å². The van der Waals surface area contributed by atoms with Gasteiger partial charge in [-0.1, -0.05) is 0 Å². The van der Waals surface area contributed by atoms with Crippen LogP contribution in [0.25, 0.3) is 5.52 Å². The Morgan fingerprint density at radius 2 is 2.44 bits per heavy atom. The molecule has 7 heteroatoms. The molecule has 2 heterocycles. The third kappa shape index (κ3) is 1.70. The first-order valence-corrected chi connectivity index (χ1v) is 5.65. The zero-order valence-electron chi connectivity index (χ0n) is 8.36. The number of ether oxygens (including phenoxy) is 1. The second-order valence-electron chi connectivity index (χ2n) is 2.97. The van der Waals surface area contributed by atoms with E-state index in [9.17, 15) is 9.59 Å². The van der Waals surface area contributed by atoms with Crippen LogP contribution in [-0.2, 0) is 4.74 Å². The second-order valence-corrected chi connectivity index (χ2v) is 4.04. The topological polar surface area (TPSA) is 76.5 Å². The molecule has 84 valence electrons. The number of fused-ring (bicyclic) bond motifs is 1. The maximum absolute atomic E-state index is 11.5. The summed E-state index contributed by atoms with van der Waals surface area (Å²) in [4.78, 5) is 25.6. The minimum atomic E-state index is -0.519. The van der Waals surface area contributed by atoms with Crippen molar-refractivity contribution in [3.8, 4) is 0 Å².